The summed E-state index contributed by atoms with van der Waals surface area (Å²) in [7, 11) is -3.46. The minimum Gasteiger partial charge on any atom is -0.338 e. The second-order valence-electron chi connectivity index (χ2n) is 8.05. The van der Waals surface area contributed by atoms with Crippen LogP contribution in [0.4, 0.5) is 5.69 Å². The Morgan fingerprint density at radius 3 is 2.57 bits per heavy atom. The molecule has 3 aromatic rings. The SMILES string of the molecule is O=C(Cn1ccc2cc(S(=O)(=O)N3CCCCC3)ccc21)N1CCc2ccccc21. The van der Waals surface area contributed by atoms with Gasteiger partial charge in [-0.2, -0.15) is 4.31 Å². The second kappa shape index (κ2) is 7.56. The van der Waals surface area contributed by atoms with E-state index in [0.717, 1.165) is 42.3 Å². The second-order valence-corrected chi connectivity index (χ2v) is 9.99. The van der Waals surface area contributed by atoms with E-state index in [2.05, 4.69) is 6.07 Å². The minimum absolute atomic E-state index is 0.0439. The first kappa shape index (κ1) is 19.3. The van der Waals surface area contributed by atoms with E-state index in [1.807, 2.05) is 46.0 Å². The maximum Gasteiger partial charge on any atom is 0.246 e. The third kappa shape index (κ3) is 3.32. The first-order chi connectivity index (χ1) is 14.5. The Bertz CT molecular complexity index is 1210. The van der Waals surface area contributed by atoms with Gasteiger partial charge in [0.15, 0.2) is 0 Å². The molecule has 1 aromatic heterocycles. The number of amides is 1. The van der Waals surface area contributed by atoms with Crippen LogP contribution in [0.2, 0.25) is 0 Å². The normalized spacial score (nSPS) is 17.4. The van der Waals surface area contributed by atoms with E-state index in [-0.39, 0.29) is 12.5 Å². The summed E-state index contributed by atoms with van der Waals surface area (Å²) < 4.78 is 29.4. The maximum absolute atomic E-state index is 13.0. The highest BCUT2D eigenvalue weighted by Crippen LogP contribution is 2.29. The number of piperidine rings is 1. The van der Waals surface area contributed by atoms with Crippen molar-refractivity contribution >= 4 is 32.5 Å². The van der Waals surface area contributed by atoms with Gasteiger partial charge in [0.2, 0.25) is 15.9 Å². The molecule has 6 nitrogen and oxygen atoms in total. The van der Waals surface area contributed by atoms with Crippen molar-refractivity contribution in [3.05, 3.63) is 60.3 Å². The number of hydrogen-bond acceptors (Lipinski definition) is 3. The Morgan fingerprint density at radius 2 is 1.73 bits per heavy atom. The van der Waals surface area contributed by atoms with E-state index in [9.17, 15) is 13.2 Å². The third-order valence-electron chi connectivity index (χ3n) is 6.19. The lowest BCUT2D eigenvalue weighted by Crippen LogP contribution is -2.35. The van der Waals surface area contributed by atoms with E-state index in [4.69, 9.17) is 0 Å². The van der Waals surface area contributed by atoms with Crippen LogP contribution in [0.1, 0.15) is 24.8 Å². The molecule has 2 aliphatic rings. The van der Waals surface area contributed by atoms with Crippen molar-refractivity contribution in [2.75, 3.05) is 24.5 Å². The van der Waals surface area contributed by atoms with Crippen molar-refractivity contribution < 1.29 is 13.2 Å². The molecule has 1 fully saturated rings. The molecule has 0 aliphatic carbocycles. The molecule has 0 atom stereocenters. The molecule has 3 heterocycles. The van der Waals surface area contributed by atoms with Gasteiger partial charge in [-0.15, -0.1) is 0 Å². The summed E-state index contributed by atoms with van der Waals surface area (Å²) in [5.41, 5.74) is 3.07. The van der Waals surface area contributed by atoms with Gasteiger partial charge in [-0.05, 0) is 55.2 Å². The Kier molecular flexibility index (Phi) is 4.87. The van der Waals surface area contributed by atoms with Gasteiger partial charge < -0.3 is 9.47 Å². The molecule has 30 heavy (non-hydrogen) atoms. The number of benzene rings is 2. The summed E-state index contributed by atoms with van der Waals surface area (Å²) in [6, 6.07) is 15.1. The predicted octanol–water partition coefficient (Wildman–Crippen LogP) is 3.41. The van der Waals surface area contributed by atoms with Crippen molar-refractivity contribution in [1.82, 2.24) is 8.87 Å². The van der Waals surface area contributed by atoms with Crippen molar-refractivity contribution in [2.45, 2.75) is 37.1 Å². The summed E-state index contributed by atoms with van der Waals surface area (Å²) in [6.07, 6.45) is 5.66. The molecule has 1 amide bonds. The molecule has 0 spiro atoms. The number of anilines is 1. The predicted molar refractivity (Wildman–Crippen MR) is 117 cm³/mol. The fourth-order valence-corrected chi connectivity index (χ4v) is 6.11. The number of nitrogens with zero attached hydrogens (tertiary/aromatic N) is 3. The smallest absolute Gasteiger partial charge is 0.246 e. The highest BCUT2D eigenvalue weighted by atomic mass is 32.2. The largest absolute Gasteiger partial charge is 0.338 e. The summed E-state index contributed by atoms with van der Waals surface area (Å²) in [5.74, 6) is 0.0439. The Balaban J connectivity index is 1.39. The molecule has 0 saturated carbocycles. The number of carbonyl (C=O) groups is 1. The zero-order valence-electron chi connectivity index (χ0n) is 16.8. The monoisotopic (exact) mass is 423 g/mol. The number of hydrogen-bond donors (Lipinski definition) is 0. The molecule has 2 aromatic carbocycles. The Morgan fingerprint density at radius 1 is 0.933 bits per heavy atom. The molecule has 7 heteroatoms. The van der Waals surface area contributed by atoms with Crippen LogP contribution in [-0.2, 0) is 27.8 Å². The van der Waals surface area contributed by atoms with Crippen molar-refractivity contribution in [1.29, 1.82) is 0 Å². The van der Waals surface area contributed by atoms with Crippen LogP contribution in [0.15, 0.2) is 59.6 Å². The van der Waals surface area contributed by atoms with E-state index < -0.39 is 10.0 Å². The van der Waals surface area contributed by atoms with E-state index in [1.165, 1.54) is 5.56 Å². The highest BCUT2D eigenvalue weighted by molar-refractivity contribution is 7.89. The molecule has 0 bridgehead atoms. The summed E-state index contributed by atoms with van der Waals surface area (Å²) in [4.78, 5) is 15.1. The fraction of sp³-hybridized carbons (Fsp3) is 0.348. The van der Waals surface area contributed by atoms with Gasteiger partial charge in [-0.25, -0.2) is 8.42 Å². The maximum atomic E-state index is 13.0. The number of para-hydroxylation sites is 1. The van der Waals surface area contributed by atoms with Gasteiger partial charge in [0.1, 0.15) is 6.54 Å². The van der Waals surface area contributed by atoms with Gasteiger partial charge in [0.25, 0.3) is 0 Å². The number of carbonyl (C=O) groups excluding carboxylic acids is 1. The molecule has 2 aliphatic heterocycles. The molecular formula is C23H25N3O3S. The van der Waals surface area contributed by atoms with Crippen LogP contribution in [0.25, 0.3) is 10.9 Å². The summed E-state index contributed by atoms with van der Waals surface area (Å²) >= 11 is 0. The van der Waals surface area contributed by atoms with Gasteiger partial charge in [-0.3, -0.25) is 4.79 Å². The third-order valence-corrected chi connectivity index (χ3v) is 8.08. The lowest BCUT2D eigenvalue weighted by Gasteiger charge is -2.25. The first-order valence-corrected chi connectivity index (χ1v) is 12.0. The number of fused-ring (bicyclic) bond motifs is 2. The van der Waals surface area contributed by atoms with Crippen molar-refractivity contribution in [3.63, 3.8) is 0 Å². The minimum atomic E-state index is -3.46. The van der Waals surface area contributed by atoms with Gasteiger partial charge in [0, 0.05) is 42.4 Å². The molecule has 156 valence electrons. The summed E-state index contributed by atoms with van der Waals surface area (Å²) in [5, 5.41) is 0.836. The Labute approximate surface area is 176 Å². The summed E-state index contributed by atoms with van der Waals surface area (Å²) in [6.45, 7) is 2.12. The van der Waals surface area contributed by atoms with E-state index in [1.54, 1.807) is 16.4 Å². The number of sulfonamides is 1. The molecule has 5 rings (SSSR count). The number of rotatable bonds is 4. The lowest BCUT2D eigenvalue weighted by molar-refractivity contribution is -0.119. The van der Waals surface area contributed by atoms with Gasteiger partial charge in [0.05, 0.1) is 4.90 Å². The average Bonchev–Trinajstić information content (AvgIpc) is 3.38. The van der Waals surface area contributed by atoms with Crippen LogP contribution in [-0.4, -0.2) is 42.8 Å². The van der Waals surface area contributed by atoms with Crippen LogP contribution < -0.4 is 4.90 Å². The van der Waals surface area contributed by atoms with Crippen LogP contribution >= 0.6 is 0 Å². The quantitative estimate of drug-likeness (QED) is 0.646. The van der Waals surface area contributed by atoms with Crippen LogP contribution in [0.3, 0.4) is 0 Å². The average molecular weight is 424 g/mol. The lowest BCUT2D eigenvalue weighted by atomic mass is 10.2. The van der Waals surface area contributed by atoms with Gasteiger partial charge in [-0.1, -0.05) is 24.6 Å². The fourth-order valence-electron chi connectivity index (χ4n) is 4.56. The molecule has 1 saturated heterocycles. The molecule has 0 radical (unpaired) electrons. The van der Waals surface area contributed by atoms with Gasteiger partial charge >= 0.3 is 0 Å². The Hall–Kier alpha value is -2.64. The zero-order valence-corrected chi connectivity index (χ0v) is 17.6. The number of aromatic nitrogens is 1. The topological polar surface area (TPSA) is 62.6 Å². The zero-order chi connectivity index (χ0) is 20.7. The van der Waals surface area contributed by atoms with Crippen LogP contribution in [0.5, 0.6) is 0 Å². The van der Waals surface area contributed by atoms with Crippen LogP contribution in [0, 0.1) is 0 Å². The highest BCUT2D eigenvalue weighted by Gasteiger charge is 2.27. The molecule has 0 unspecified atom stereocenters. The van der Waals surface area contributed by atoms with Crippen molar-refractivity contribution in [2.24, 2.45) is 0 Å². The van der Waals surface area contributed by atoms with Crippen molar-refractivity contribution in [3.8, 4) is 0 Å². The molecule has 0 N–H and O–H groups in total. The first-order valence-electron chi connectivity index (χ1n) is 10.5. The standard InChI is InChI=1S/C23H25N3O3S/c27-23(26-15-11-18-6-2-3-7-22(18)26)17-24-14-10-19-16-20(8-9-21(19)24)30(28,29)25-12-4-1-5-13-25/h2-3,6-10,14,16H,1,4-5,11-13,15,17H2. The van der Waals surface area contributed by atoms with E-state index in [0.29, 0.717) is 24.5 Å². The molecular weight excluding hydrogens is 398 g/mol. The van der Waals surface area contributed by atoms with E-state index >= 15 is 0 Å².